The number of para-hydroxylation sites is 1. The number of aromatic nitrogens is 1. The summed E-state index contributed by atoms with van der Waals surface area (Å²) in [6.07, 6.45) is 3.56. The molecule has 4 rings (SSSR count). The zero-order valence-corrected chi connectivity index (χ0v) is 14.8. The molecule has 1 unspecified atom stereocenters. The van der Waals surface area contributed by atoms with Crippen molar-refractivity contribution in [2.45, 2.75) is 13.0 Å². The van der Waals surface area contributed by atoms with Gasteiger partial charge in [0, 0.05) is 37.4 Å². The normalized spacial score (nSPS) is 17.3. The molecular weight excluding hydrogens is 338 g/mol. The van der Waals surface area contributed by atoms with Crippen LogP contribution in [0, 0.1) is 6.92 Å². The van der Waals surface area contributed by atoms with Gasteiger partial charge in [-0.05, 0) is 30.2 Å². The Morgan fingerprint density at radius 1 is 1.32 bits per heavy atom. The molecule has 6 heteroatoms. The quantitative estimate of drug-likeness (QED) is 0.764. The summed E-state index contributed by atoms with van der Waals surface area (Å²) < 4.78 is 5.87. The summed E-state index contributed by atoms with van der Waals surface area (Å²) in [5.74, 6) is 0.330. The van der Waals surface area contributed by atoms with Crippen LogP contribution < -0.4 is 5.32 Å². The SMILES string of the molecule is Cc1cccc2cc(C(=O)N3CCNCC3c3cccnc3)oc12.Cl. The molecule has 0 saturated carbocycles. The number of pyridine rings is 1. The third kappa shape index (κ3) is 3.25. The molecule has 0 aliphatic carbocycles. The maximum Gasteiger partial charge on any atom is 0.290 e. The van der Waals surface area contributed by atoms with Gasteiger partial charge in [-0.2, -0.15) is 0 Å². The molecule has 5 nitrogen and oxygen atoms in total. The van der Waals surface area contributed by atoms with Gasteiger partial charge in [-0.1, -0.05) is 24.3 Å². The minimum Gasteiger partial charge on any atom is -0.451 e. The number of hydrogen-bond donors (Lipinski definition) is 1. The maximum absolute atomic E-state index is 13.0. The van der Waals surface area contributed by atoms with Gasteiger partial charge >= 0.3 is 0 Å². The number of furan rings is 1. The summed E-state index contributed by atoms with van der Waals surface area (Å²) in [4.78, 5) is 19.1. The van der Waals surface area contributed by atoms with E-state index in [0.717, 1.165) is 35.2 Å². The average molecular weight is 358 g/mol. The van der Waals surface area contributed by atoms with Gasteiger partial charge in [-0.15, -0.1) is 12.4 Å². The number of carbonyl (C=O) groups is 1. The van der Waals surface area contributed by atoms with Gasteiger partial charge in [0.2, 0.25) is 0 Å². The molecule has 1 amide bonds. The van der Waals surface area contributed by atoms with E-state index in [2.05, 4.69) is 10.3 Å². The lowest BCUT2D eigenvalue weighted by atomic mass is 10.0. The van der Waals surface area contributed by atoms with Gasteiger partial charge in [0.1, 0.15) is 5.58 Å². The number of nitrogens with one attached hydrogen (secondary N) is 1. The van der Waals surface area contributed by atoms with Crippen molar-refractivity contribution >= 4 is 29.3 Å². The first kappa shape index (κ1) is 17.5. The highest BCUT2D eigenvalue weighted by atomic mass is 35.5. The van der Waals surface area contributed by atoms with E-state index in [1.54, 1.807) is 6.20 Å². The largest absolute Gasteiger partial charge is 0.451 e. The topological polar surface area (TPSA) is 58.4 Å². The monoisotopic (exact) mass is 357 g/mol. The van der Waals surface area contributed by atoms with Crippen molar-refractivity contribution < 1.29 is 9.21 Å². The summed E-state index contributed by atoms with van der Waals surface area (Å²) in [6, 6.07) is 11.7. The number of benzene rings is 1. The molecule has 2 aromatic heterocycles. The van der Waals surface area contributed by atoms with Gasteiger partial charge < -0.3 is 14.6 Å². The van der Waals surface area contributed by atoms with E-state index in [4.69, 9.17) is 4.42 Å². The Morgan fingerprint density at radius 3 is 2.96 bits per heavy atom. The lowest BCUT2D eigenvalue weighted by Gasteiger charge is -2.35. The van der Waals surface area contributed by atoms with Crippen molar-refractivity contribution in [1.82, 2.24) is 15.2 Å². The number of hydrogen-bond acceptors (Lipinski definition) is 4. The summed E-state index contributed by atoms with van der Waals surface area (Å²) >= 11 is 0. The number of rotatable bonds is 2. The highest BCUT2D eigenvalue weighted by molar-refractivity contribution is 5.97. The van der Waals surface area contributed by atoms with E-state index in [1.807, 2.05) is 54.4 Å². The van der Waals surface area contributed by atoms with Gasteiger partial charge in [0.25, 0.3) is 5.91 Å². The van der Waals surface area contributed by atoms with Crippen molar-refractivity contribution in [3.8, 4) is 0 Å². The number of fused-ring (bicyclic) bond motifs is 1. The second-order valence-corrected chi connectivity index (χ2v) is 6.11. The van der Waals surface area contributed by atoms with E-state index >= 15 is 0 Å². The number of piperazine rings is 1. The molecule has 1 atom stereocenters. The lowest BCUT2D eigenvalue weighted by molar-refractivity contribution is 0.0603. The summed E-state index contributed by atoms with van der Waals surface area (Å²) in [5, 5.41) is 4.32. The number of aryl methyl sites for hydroxylation is 1. The first-order valence-corrected chi connectivity index (χ1v) is 8.15. The van der Waals surface area contributed by atoms with Crippen LogP contribution >= 0.6 is 12.4 Å². The Hall–Kier alpha value is -2.37. The van der Waals surface area contributed by atoms with E-state index in [0.29, 0.717) is 12.3 Å². The summed E-state index contributed by atoms with van der Waals surface area (Å²) in [5.41, 5.74) is 2.86. The second kappa shape index (κ2) is 7.25. The predicted octanol–water partition coefficient (Wildman–Crippen LogP) is 3.34. The van der Waals surface area contributed by atoms with Gasteiger partial charge in [-0.3, -0.25) is 9.78 Å². The molecular formula is C19H20ClN3O2. The van der Waals surface area contributed by atoms with Crippen molar-refractivity contribution in [3.63, 3.8) is 0 Å². The molecule has 0 bridgehead atoms. The molecule has 25 heavy (non-hydrogen) atoms. The average Bonchev–Trinajstić information content (AvgIpc) is 3.08. The molecule has 3 heterocycles. The second-order valence-electron chi connectivity index (χ2n) is 6.11. The van der Waals surface area contributed by atoms with Crippen LogP contribution in [0.2, 0.25) is 0 Å². The van der Waals surface area contributed by atoms with Gasteiger partial charge in [-0.25, -0.2) is 0 Å². The minimum atomic E-state index is -0.0686. The van der Waals surface area contributed by atoms with Crippen molar-refractivity contribution in [3.05, 3.63) is 65.7 Å². The Bertz CT molecular complexity index is 879. The van der Waals surface area contributed by atoms with Crippen LogP contribution in [0.15, 0.2) is 53.2 Å². The smallest absolute Gasteiger partial charge is 0.290 e. The van der Waals surface area contributed by atoms with Crippen LogP contribution in [0.4, 0.5) is 0 Å². The number of nitrogens with zero attached hydrogens (tertiary/aromatic N) is 2. The van der Waals surface area contributed by atoms with Crippen molar-refractivity contribution in [2.24, 2.45) is 0 Å². The van der Waals surface area contributed by atoms with Crippen molar-refractivity contribution in [1.29, 1.82) is 0 Å². The molecule has 1 fully saturated rings. The first-order valence-electron chi connectivity index (χ1n) is 8.15. The number of halogens is 1. The fraction of sp³-hybridized carbons (Fsp3) is 0.263. The third-order valence-electron chi connectivity index (χ3n) is 4.53. The summed E-state index contributed by atoms with van der Waals surface area (Å²) in [7, 11) is 0. The molecule has 1 saturated heterocycles. The Labute approximate surface area is 152 Å². The van der Waals surface area contributed by atoms with Crippen LogP contribution in [-0.2, 0) is 0 Å². The van der Waals surface area contributed by atoms with E-state index in [-0.39, 0.29) is 24.4 Å². The van der Waals surface area contributed by atoms with Crippen molar-refractivity contribution in [2.75, 3.05) is 19.6 Å². The van der Waals surface area contributed by atoms with E-state index in [9.17, 15) is 4.79 Å². The fourth-order valence-corrected chi connectivity index (χ4v) is 3.27. The highest BCUT2D eigenvalue weighted by Gasteiger charge is 2.30. The maximum atomic E-state index is 13.0. The molecule has 3 aromatic rings. The minimum absolute atomic E-state index is 0. The van der Waals surface area contributed by atoms with Crippen LogP contribution in [0.25, 0.3) is 11.0 Å². The molecule has 1 aromatic carbocycles. The summed E-state index contributed by atoms with van der Waals surface area (Å²) in [6.45, 7) is 4.14. The Balaban J connectivity index is 0.00000182. The number of amides is 1. The molecule has 0 radical (unpaired) electrons. The standard InChI is InChI=1S/C19H19N3O2.ClH/c1-13-4-2-5-14-10-17(24-18(13)14)19(23)22-9-8-21-12-16(22)15-6-3-7-20-11-15;/h2-7,10-11,16,21H,8-9,12H2,1H3;1H. The molecule has 1 N–H and O–H groups in total. The number of carbonyl (C=O) groups excluding carboxylic acids is 1. The predicted molar refractivity (Wildman–Crippen MR) is 99.1 cm³/mol. The molecule has 1 aliphatic rings. The van der Waals surface area contributed by atoms with Crippen LogP contribution in [0.3, 0.4) is 0 Å². The van der Waals surface area contributed by atoms with E-state index in [1.165, 1.54) is 0 Å². The third-order valence-corrected chi connectivity index (χ3v) is 4.53. The Morgan fingerprint density at radius 2 is 2.20 bits per heavy atom. The van der Waals surface area contributed by atoms with Crippen LogP contribution in [0.1, 0.15) is 27.7 Å². The molecule has 1 aliphatic heterocycles. The zero-order valence-electron chi connectivity index (χ0n) is 13.9. The lowest BCUT2D eigenvalue weighted by Crippen LogP contribution is -2.48. The fourth-order valence-electron chi connectivity index (χ4n) is 3.27. The Kier molecular flexibility index (Phi) is 5.06. The molecule has 0 spiro atoms. The van der Waals surface area contributed by atoms with Crippen LogP contribution in [0.5, 0.6) is 0 Å². The zero-order chi connectivity index (χ0) is 16.5. The first-order chi connectivity index (χ1) is 11.7. The highest BCUT2D eigenvalue weighted by Crippen LogP contribution is 2.27. The van der Waals surface area contributed by atoms with Gasteiger partial charge in [0.15, 0.2) is 5.76 Å². The van der Waals surface area contributed by atoms with Crippen LogP contribution in [-0.4, -0.2) is 35.4 Å². The van der Waals surface area contributed by atoms with E-state index < -0.39 is 0 Å². The van der Waals surface area contributed by atoms with Gasteiger partial charge in [0.05, 0.1) is 6.04 Å². The molecule has 130 valence electrons.